The van der Waals surface area contributed by atoms with Gasteiger partial charge in [-0.05, 0) is 13.3 Å². The molecule has 0 amide bonds. The molecule has 0 heterocycles. The van der Waals surface area contributed by atoms with Crippen molar-refractivity contribution < 1.29 is 12.3 Å². The second-order valence-corrected chi connectivity index (χ2v) is 2.13. The number of ether oxygens (including phenoxy) is 1. The lowest BCUT2D eigenvalue weighted by Gasteiger charge is -1.97. The van der Waals surface area contributed by atoms with Crippen LogP contribution in [0.2, 0.25) is 0 Å². The molecule has 0 saturated carbocycles. The van der Waals surface area contributed by atoms with Crippen molar-refractivity contribution >= 4 is 21.9 Å². The van der Waals surface area contributed by atoms with Crippen LogP contribution in [0.3, 0.4) is 0 Å². The van der Waals surface area contributed by atoms with E-state index in [1.807, 2.05) is 0 Å². The lowest BCUT2D eigenvalue weighted by molar-refractivity contribution is -0.143. The maximum Gasteiger partial charge on any atom is 0.305 e. The Hall–Kier alpha value is -0.0500. The van der Waals surface area contributed by atoms with E-state index in [1.54, 1.807) is 6.92 Å². The van der Waals surface area contributed by atoms with Gasteiger partial charge in [0.1, 0.15) is 0 Å². The molecule has 2 nitrogen and oxygen atoms in total. The van der Waals surface area contributed by atoms with Crippen molar-refractivity contribution in [2.75, 3.05) is 11.9 Å². The number of hydrogen-bond acceptors (Lipinski definition) is 2. The minimum absolute atomic E-state index is 0.145. The first-order valence-electron chi connectivity index (χ1n) is 3.77. The standard InChI is InChI=1S/C6H11BrO2/c1-2-9-6(8)4-3-5-7/h2-5H2,1H3/i4D2. The molecule has 3 heteroatoms. The zero-order valence-electron chi connectivity index (χ0n) is 7.32. The van der Waals surface area contributed by atoms with Crippen LogP contribution in [0.5, 0.6) is 0 Å². The van der Waals surface area contributed by atoms with E-state index in [0.29, 0.717) is 5.33 Å². The van der Waals surface area contributed by atoms with Crippen molar-refractivity contribution in [1.29, 1.82) is 0 Å². The maximum absolute atomic E-state index is 10.8. The zero-order chi connectivity index (χ0) is 8.91. The number of esters is 1. The molecule has 0 aliphatic heterocycles. The van der Waals surface area contributed by atoms with Crippen LogP contribution in [-0.2, 0) is 9.53 Å². The summed E-state index contributed by atoms with van der Waals surface area (Å²) in [5, 5.41) is 0.457. The first-order chi connectivity index (χ1) is 5.04. The first kappa shape index (κ1) is 5.71. The third kappa shape index (κ3) is 5.83. The van der Waals surface area contributed by atoms with E-state index < -0.39 is 12.3 Å². The first-order valence-corrected chi connectivity index (χ1v) is 3.90. The lowest BCUT2D eigenvalue weighted by atomic mass is 10.3. The van der Waals surface area contributed by atoms with Crippen LogP contribution in [0.1, 0.15) is 22.5 Å². The van der Waals surface area contributed by atoms with Gasteiger partial charge in [0.2, 0.25) is 0 Å². The summed E-state index contributed by atoms with van der Waals surface area (Å²) in [6.45, 7) is 1.88. The monoisotopic (exact) mass is 196 g/mol. The normalized spacial score (nSPS) is 14.0. The van der Waals surface area contributed by atoms with Gasteiger partial charge in [-0.3, -0.25) is 4.79 Å². The topological polar surface area (TPSA) is 26.3 Å². The predicted octanol–water partition coefficient (Wildman–Crippen LogP) is 1.72. The highest BCUT2D eigenvalue weighted by Crippen LogP contribution is 1.95. The van der Waals surface area contributed by atoms with E-state index >= 15 is 0 Å². The van der Waals surface area contributed by atoms with Crippen molar-refractivity contribution in [3.63, 3.8) is 0 Å². The van der Waals surface area contributed by atoms with E-state index in [1.165, 1.54) is 0 Å². The van der Waals surface area contributed by atoms with Crippen LogP contribution < -0.4 is 0 Å². The summed E-state index contributed by atoms with van der Waals surface area (Å²) in [6.07, 6.45) is -1.70. The third-order valence-electron chi connectivity index (χ3n) is 0.639. The average molecular weight is 197 g/mol. The molecule has 9 heavy (non-hydrogen) atoms. The van der Waals surface area contributed by atoms with Crippen LogP contribution in [-0.4, -0.2) is 17.9 Å². The SMILES string of the molecule is [2H]C([2H])(CCBr)C(=O)OCC. The van der Waals surface area contributed by atoms with Crippen molar-refractivity contribution in [3.05, 3.63) is 0 Å². The van der Waals surface area contributed by atoms with E-state index in [9.17, 15) is 4.79 Å². The van der Waals surface area contributed by atoms with Gasteiger partial charge >= 0.3 is 5.97 Å². The maximum atomic E-state index is 10.8. The van der Waals surface area contributed by atoms with Crippen molar-refractivity contribution in [3.8, 4) is 0 Å². The molecule has 0 rings (SSSR count). The molecule has 0 N–H and O–H groups in total. The number of rotatable bonds is 4. The van der Waals surface area contributed by atoms with Crippen molar-refractivity contribution in [1.82, 2.24) is 0 Å². The minimum Gasteiger partial charge on any atom is -0.466 e. The predicted molar refractivity (Wildman–Crippen MR) is 39.7 cm³/mol. The fraction of sp³-hybridized carbons (Fsp3) is 0.833. The fourth-order valence-corrected chi connectivity index (χ4v) is 0.530. The van der Waals surface area contributed by atoms with Gasteiger partial charge in [-0.2, -0.15) is 0 Å². The number of carbonyl (C=O) groups is 1. The second kappa shape index (κ2) is 6.08. The quantitative estimate of drug-likeness (QED) is 0.506. The van der Waals surface area contributed by atoms with Crippen LogP contribution >= 0.6 is 15.9 Å². The van der Waals surface area contributed by atoms with Crippen molar-refractivity contribution in [2.24, 2.45) is 0 Å². The molecule has 0 fully saturated rings. The molecule has 0 aliphatic rings. The highest BCUT2D eigenvalue weighted by atomic mass is 79.9. The number of halogens is 1. The van der Waals surface area contributed by atoms with Gasteiger partial charge in [0, 0.05) is 14.4 Å². The lowest BCUT2D eigenvalue weighted by Crippen LogP contribution is -2.03. The fourth-order valence-electron chi connectivity index (χ4n) is 0.331. The minimum atomic E-state index is -1.85. The Labute approximate surface area is 66.5 Å². The molecule has 0 radical (unpaired) electrons. The van der Waals surface area contributed by atoms with E-state index in [-0.39, 0.29) is 13.0 Å². The van der Waals surface area contributed by atoms with Crippen LogP contribution in [0.4, 0.5) is 0 Å². The summed E-state index contributed by atoms with van der Waals surface area (Å²) >= 11 is 3.06. The zero-order valence-corrected chi connectivity index (χ0v) is 6.90. The Balaban J connectivity index is 3.94. The summed E-state index contributed by atoms with van der Waals surface area (Å²) in [7, 11) is 0. The molecule has 0 aliphatic carbocycles. The van der Waals surface area contributed by atoms with Crippen LogP contribution in [0.15, 0.2) is 0 Å². The second-order valence-electron chi connectivity index (χ2n) is 1.34. The Morgan fingerprint density at radius 3 is 3.00 bits per heavy atom. The molecule has 0 atom stereocenters. The average Bonchev–Trinajstić information content (AvgIpc) is 1.88. The van der Waals surface area contributed by atoms with Gasteiger partial charge in [0.25, 0.3) is 0 Å². The summed E-state index contributed by atoms with van der Waals surface area (Å²) in [5.41, 5.74) is 0. The molecular formula is C6H11BrO2. The third-order valence-corrected chi connectivity index (χ3v) is 1.04. The largest absolute Gasteiger partial charge is 0.466 e. The highest BCUT2D eigenvalue weighted by Gasteiger charge is 1.97. The van der Waals surface area contributed by atoms with Gasteiger partial charge in [-0.25, -0.2) is 0 Å². The Kier molecular flexibility index (Phi) is 3.86. The Morgan fingerprint density at radius 1 is 1.89 bits per heavy atom. The van der Waals surface area contributed by atoms with E-state index in [0.717, 1.165) is 0 Å². The van der Waals surface area contributed by atoms with Gasteiger partial charge in [0.15, 0.2) is 0 Å². The van der Waals surface area contributed by atoms with Crippen molar-refractivity contribution in [2.45, 2.75) is 19.7 Å². The molecule has 0 bridgehead atoms. The number of hydrogen-bond donors (Lipinski definition) is 0. The van der Waals surface area contributed by atoms with E-state index in [4.69, 9.17) is 2.74 Å². The molecular weight excluding hydrogens is 184 g/mol. The Bertz CT molecular complexity index is 139. The van der Waals surface area contributed by atoms with Gasteiger partial charge in [-0.15, -0.1) is 0 Å². The molecule has 0 aromatic rings. The molecule has 0 spiro atoms. The molecule has 0 aromatic heterocycles. The highest BCUT2D eigenvalue weighted by molar-refractivity contribution is 9.09. The summed E-state index contributed by atoms with van der Waals surface area (Å²) < 4.78 is 18.9. The molecule has 0 aromatic carbocycles. The van der Waals surface area contributed by atoms with Crippen LogP contribution in [0, 0.1) is 0 Å². The van der Waals surface area contributed by atoms with Gasteiger partial charge < -0.3 is 4.74 Å². The van der Waals surface area contributed by atoms with Crippen LogP contribution in [0.25, 0.3) is 0 Å². The summed E-state index contributed by atoms with van der Waals surface area (Å²) in [6, 6.07) is 0. The number of alkyl halides is 1. The number of carbonyl (C=O) groups excluding carboxylic acids is 1. The molecule has 0 saturated heterocycles. The van der Waals surface area contributed by atoms with E-state index in [2.05, 4.69) is 20.7 Å². The molecule has 54 valence electrons. The summed E-state index contributed by atoms with van der Waals surface area (Å²) in [4.78, 5) is 10.8. The van der Waals surface area contributed by atoms with Gasteiger partial charge in [-0.1, -0.05) is 15.9 Å². The smallest absolute Gasteiger partial charge is 0.305 e. The van der Waals surface area contributed by atoms with Gasteiger partial charge in [0.05, 0.1) is 6.61 Å². The molecule has 0 unspecified atom stereocenters. The Morgan fingerprint density at radius 2 is 2.56 bits per heavy atom. The summed E-state index contributed by atoms with van der Waals surface area (Å²) in [5.74, 6) is -0.778.